The Morgan fingerprint density at radius 2 is 1.61 bits per heavy atom. The molecule has 4 aromatic carbocycles. The van der Waals surface area contributed by atoms with Crippen molar-refractivity contribution in [2.45, 2.75) is 24.9 Å². The van der Waals surface area contributed by atoms with Crippen LogP contribution in [0.25, 0.3) is 6.08 Å². The van der Waals surface area contributed by atoms with E-state index in [0.29, 0.717) is 30.1 Å². The van der Waals surface area contributed by atoms with Crippen molar-refractivity contribution in [2.24, 2.45) is 0 Å². The van der Waals surface area contributed by atoms with Crippen molar-refractivity contribution < 1.29 is 19.1 Å². The minimum absolute atomic E-state index is 0.00545. The lowest BCUT2D eigenvalue weighted by Gasteiger charge is -2.35. The van der Waals surface area contributed by atoms with Gasteiger partial charge in [0.1, 0.15) is 0 Å². The minimum Gasteiger partial charge on any atom is -0.454 e. The molecule has 0 unspecified atom stereocenters. The third-order valence-electron chi connectivity index (χ3n) is 8.20. The summed E-state index contributed by atoms with van der Waals surface area (Å²) in [5.74, 6) is 1.51. The summed E-state index contributed by atoms with van der Waals surface area (Å²) in [4.78, 5) is 35.4. The molecule has 8 heteroatoms. The molecule has 1 saturated heterocycles. The zero-order valence-corrected chi connectivity index (χ0v) is 25.4. The summed E-state index contributed by atoms with van der Waals surface area (Å²) < 4.78 is 11.0. The van der Waals surface area contributed by atoms with Crippen molar-refractivity contribution >= 4 is 35.3 Å². The number of nitrogens with zero attached hydrogens (tertiary/aromatic N) is 3. The number of hydrogen-bond acceptors (Lipinski definition) is 6. The lowest BCUT2D eigenvalue weighted by Crippen LogP contribution is -2.48. The molecule has 3 heterocycles. The summed E-state index contributed by atoms with van der Waals surface area (Å²) in [5, 5.41) is 0. The number of benzene rings is 4. The Balaban J connectivity index is 1.10. The molecule has 3 aliphatic rings. The fourth-order valence-corrected chi connectivity index (χ4v) is 6.92. The van der Waals surface area contributed by atoms with Gasteiger partial charge in [-0.2, -0.15) is 0 Å². The molecule has 0 spiro atoms. The number of carbonyl (C=O) groups excluding carboxylic acids is 2. The first kappa shape index (κ1) is 28.3. The number of ether oxygens (including phenoxy) is 2. The van der Waals surface area contributed by atoms with Crippen LogP contribution in [-0.2, 0) is 17.9 Å². The van der Waals surface area contributed by atoms with E-state index in [9.17, 15) is 9.59 Å². The van der Waals surface area contributed by atoms with E-state index >= 15 is 0 Å². The summed E-state index contributed by atoms with van der Waals surface area (Å²) in [7, 11) is 0. The largest absolute Gasteiger partial charge is 0.454 e. The van der Waals surface area contributed by atoms with E-state index in [1.54, 1.807) is 0 Å². The van der Waals surface area contributed by atoms with E-state index < -0.39 is 0 Å². The summed E-state index contributed by atoms with van der Waals surface area (Å²) in [6.07, 6.45) is 1.95. The molecular weight excluding hydrogens is 570 g/mol. The lowest BCUT2D eigenvalue weighted by atomic mass is 10.1. The number of anilines is 1. The van der Waals surface area contributed by atoms with E-state index in [-0.39, 0.29) is 18.6 Å². The Morgan fingerprint density at radius 3 is 2.43 bits per heavy atom. The van der Waals surface area contributed by atoms with Gasteiger partial charge < -0.3 is 19.3 Å². The van der Waals surface area contributed by atoms with Crippen LogP contribution in [0.5, 0.6) is 11.5 Å². The quantitative estimate of drug-likeness (QED) is 0.239. The van der Waals surface area contributed by atoms with Gasteiger partial charge in [0, 0.05) is 43.2 Å². The van der Waals surface area contributed by atoms with Crippen LogP contribution >= 0.6 is 11.8 Å². The number of carbonyl (C=O) groups is 2. The van der Waals surface area contributed by atoms with Gasteiger partial charge in [-0.1, -0.05) is 78.0 Å². The van der Waals surface area contributed by atoms with Crippen LogP contribution < -0.4 is 14.4 Å². The van der Waals surface area contributed by atoms with Gasteiger partial charge in [0.2, 0.25) is 6.79 Å². The van der Waals surface area contributed by atoms with Crippen LogP contribution in [0.2, 0.25) is 0 Å². The average Bonchev–Trinajstić information content (AvgIpc) is 3.52. The fourth-order valence-electron chi connectivity index (χ4n) is 5.88. The molecule has 1 fully saturated rings. The summed E-state index contributed by atoms with van der Waals surface area (Å²) in [6, 6.07) is 30.0. The van der Waals surface area contributed by atoms with Gasteiger partial charge in [-0.15, -0.1) is 0 Å². The summed E-state index contributed by atoms with van der Waals surface area (Å²) in [5.41, 5.74) is 5.71. The predicted octanol–water partition coefficient (Wildman–Crippen LogP) is 6.36. The van der Waals surface area contributed by atoms with Crippen molar-refractivity contribution in [2.75, 3.05) is 37.9 Å². The van der Waals surface area contributed by atoms with Crippen LogP contribution in [0.15, 0.2) is 101 Å². The molecule has 0 N–H and O–H groups in total. The number of rotatable bonds is 6. The summed E-state index contributed by atoms with van der Waals surface area (Å²) >= 11 is 1.46. The van der Waals surface area contributed by atoms with Gasteiger partial charge in [-0.3, -0.25) is 14.5 Å². The number of fused-ring (bicyclic) bond motifs is 2. The van der Waals surface area contributed by atoms with Crippen molar-refractivity contribution in [3.05, 3.63) is 124 Å². The molecule has 3 aliphatic heterocycles. The van der Waals surface area contributed by atoms with Gasteiger partial charge in [-0.05, 0) is 60.0 Å². The third kappa shape index (κ3) is 5.96. The topological polar surface area (TPSA) is 62.3 Å². The first-order chi connectivity index (χ1) is 21.5. The van der Waals surface area contributed by atoms with Crippen molar-refractivity contribution in [1.29, 1.82) is 0 Å². The number of aryl methyl sites for hydroxylation is 1. The zero-order chi connectivity index (χ0) is 30.0. The molecule has 7 nitrogen and oxygen atoms in total. The maximum absolute atomic E-state index is 13.9. The maximum Gasteiger partial charge on any atom is 0.265 e. The van der Waals surface area contributed by atoms with Crippen LogP contribution in [0, 0.1) is 6.92 Å². The molecule has 0 bridgehead atoms. The number of hydrogen-bond donors (Lipinski definition) is 0. The van der Waals surface area contributed by atoms with Crippen LogP contribution in [0.4, 0.5) is 5.69 Å². The SMILES string of the molecule is Cc1cccc(CN2C(=O)C(=Cc3ccccc3)Sc3ccc(C(=O)N4CCN(Cc5ccc6c(c5)OCO6)CC4)cc32)c1. The van der Waals surface area contributed by atoms with Gasteiger partial charge in [-0.25, -0.2) is 0 Å². The first-order valence-electron chi connectivity index (χ1n) is 14.9. The highest BCUT2D eigenvalue weighted by Gasteiger charge is 2.31. The second-order valence-corrected chi connectivity index (χ2v) is 12.4. The number of piperazine rings is 1. The van der Waals surface area contributed by atoms with E-state index in [0.717, 1.165) is 58.4 Å². The highest BCUT2D eigenvalue weighted by atomic mass is 32.2. The molecule has 7 rings (SSSR count). The van der Waals surface area contributed by atoms with Crippen molar-refractivity contribution in [1.82, 2.24) is 9.80 Å². The van der Waals surface area contributed by atoms with Crippen molar-refractivity contribution in [3.63, 3.8) is 0 Å². The molecule has 44 heavy (non-hydrogen) atoms. The van der Waals surface area contributed by atoms with E-state index in [1.807, 2.05) is 88.7 Å². The highest BCUT2D eigenvalue weighted by Crippen LogP contribution is 2.43. The first-order valence-corrected chi connectivity index (χ1v) is 15.7. The monoisotopic (exact) mass is 603 g/mol. The molecule has 0 atom stereocenters. The smallest absolute Gasteiger partial charge is 0.265 e. The van der Waals surface area contributed by atoms with Crippen LogP contribution in [-0.4, -0.2) is 54.6 Å². The average molecular weight is 604 g/mol. The van der Waals surface area contributed by atoms with Gasteiger partial charge >= 0.3 is 0 Å². The van der Waals surface area contributed by atoms with Gasteiger partial charge in [0.05, 0.1) is 17.1 Å². The normalized spacial score (nSPS) is 17.2. The van der Waals surface area contributed by atoms with Crippen LogP contribution in [0.1, 0.15) is 32.6 Å². The molecule has 4 aromatic rings. The van der Waals surface area contributed by atoms with E-state index in [4.69, 9.17) is 9.47 Å². The molecule has 0 radical (unpaired) electrons. The Hall–Kier alpha value is -4.53. The maximum atomic E-state index is 13.9. The predicted molar refractivity (Wildman–Crippen MR) is 173 cm³/mol. The number of thioether (sulfide) groups is 1. The second kappa shape index (κ2) is 12.2. The number of amides is 2. The fraction of sp³-hybridized carbons (Fsp3) is 0.222. The molecular formula is C36H33N3O4S. The lowest BCUT2D eigenvalue weighted by molar-refractivity contribution is -0.114. The Bertz CT molecular complexity index is 1750. The Morgan fingerprint density at radius 1 is 0.818 bits per heavy atom. The molecule has 0 saturated carbocycles. The second-order valence-electron chi connectivity index (χ2n) is 11.3. The minimum atomic E-state index is -0.0606. The van der Waals surface area contributed by atoms with Crippen LogP contribution in [0.3, 0.4) is 0 Å². The third-order valence-corrected chi connectivity index (χ3v) is 9.27. The van der Waals surface area contributed by atoms with E-state index in [1.165, 1.54) is 17.3 Å². The Kier molecular flexibility index (Phi) is 7.85. The molecule has 0 aliphatic carbocycles. The van der Waals surface area contributed by atoms with E-state index in [2.05, 4.69) is 30.0 Å². The summed E-state index contributed by atoms with van der Waals surface area (Å²) in [6.45, 7) is 6.40. The standard InChI is InChI=1S/C36H33N3O4S/c1-25-6-5-9-27(18-25)23-39-30-21-29(11-13-33(30)44-34(36(39)41)20-26-7-3-2-4-8-26)35(40)38-16-14-37(15-17-38)22-28-10-12-31-32(19-28)43-24-42-31/h2-13,18-21H,14-17,22-24H2,1H3. The van der Waals surface area contributed by atoms with Gasteiger partial charge in [0.15, 0.2) is 11.5 Å². The van der Waals surface area contributed by atoms with Crippen molar-refractivity contribution in [3.8, 4) is 11.5 Å². The van der Waals surface area contributed by atoms with Gasteiger partial charge in [0.25, 0.3) is 11.8 Å². The highest BCUT2D eigenvalue weighted by molar-refractivity contribution is 8.04. The molecule has 2 amide bonds. The molecule has 222 valence electrons. The Labute approximate surface area is 261 Å². The zero-order valence-electron chi connectivity index (χ0n) is 24.6. The molecule has 0 aromatic heterocycles.